The number of carbonyl (C=O) groups is 1. The van der Waals surface area contributed by atoms with Crippen molar-refractivity contribution >= 4 is 16.8 Å². The number of nitrogens with zero attached hydrogens (tertiary/aromatic N) is 2. The molecule has 2 aromatic rings. The van der Waals surface area contributed by atoms with Gasteiger partial charge in [-0.05, 0) is 38.3 Å². The molecular weight excluding hydrogens is 326 g/mol. The number of hydrogen-bond acceptors (Lipinski definition) is 3. The molecule has 0 radical (unpaired) electrons. The normalized spacial score (nSPS) is 15.5. The molecule has 1 N–H and O–H groups in total. The first-order chi connectivity index (χ1) is 12.5. The summed E-state index contributed by atoms with van der Waals surface area (Å²) in [6, 6.07) is 7.37. The Labute approximate surface area is 154 Å². The second kappa shape index (κ2) is 8.47. The van der Waals surface area contributed by atoms with E-state index in [1.807, 2.05) is 36.9 Å². The van der Waals surface area contributed by atoms with E-state index in [1.165, 1.54) is 32.1 Å². The highest BCUT2D eigenvalue weighted by Crippen LogP contribution is 2.27. The van der Waals surface area contributed by atoms with Crippen molar-refractivity contribution in [3.05, 3.63) is 40.4 Å². The minimum absolute atomic E-state index is 0.0747. The lowest BCUT2D eigenvalue weighted by Gasteiger charge is -2.28. The van der Waals surface area contributed by atoms with Gasteiger partial charge in [-0.25, -0.2) is 4.98 Å². The van der Waals surface area contributed by atoms with E-state index in [-0.39, 0.29) is 17.5 Å². The third-order valence-corrected chi connectivity index (χ3v) is 5.42. The van der Waals surface area contributed by atoms with Crippen LogP contribution in [0.2, 0.25) is 0 Å². The van der Waals surface area contributed by atoms with E-state index in [0.29, 0.717) is 35.6 Å². The third kappa shape index (κ3) is 4.51. The predicted molar refractivity (Wildman–Crippen MR) is 104 cm³/mol. The molecule has 5 nitrogen and oxygen atoms in total. The van der Waals surface area contributed by atoms with Crippen molar-refractivity contribution in [2.75, 3.05) is 0 Å². The Morgan fingerprint density at radius 2 is 1.96 bits per heavy atom. The maximum absolute atomic E-state index is 12.8. The monoisotopic (exact) mass is 355 g/mol. The van der Waals surface area contributed by atoms with Crippen LogP contribution >= 0.6 is 0 Å². The fourth-order valence-corrected chi connectivity index (χ4v) is 3.88. The number of rotatable bonds is 6. The number of H-pyrrole nitrogens is 1. The van der Waals surface area contributed by atoms with Gasteiger partial charge in [0.2, 0.25) is 5.91 Å². The van der Waals surface area contributed by atoms with Crippen LogP contribution in [-0.4, -0.2) is 26.8 Å². The molecule has 26 heavy (non-hydrogen) atoms. The second-order valence-electron chi connectivity index (χ2n) is 7.69. The van der Waals surface area contributed by atoms with E-state index in [9.17, 15) is 9.59 Å². The number of benzene rings is 1. The molecule has 1 aromatic carbocycles. The van der Waals surface area contributed by atoms with Gasteiger partial charge in [0.05, 0.1) is 17.4 Å². The van der Waals surface area contributed by atoms with E-state index in [2.05, 4.69) is 9.97 Å². The molecule has 0 saturated heterocycles. The van der Waals surface area contributed by atoms with E-state index in [0.717, 1.165) is 6.42 Å². The first-order valence-electron chi connectivity index (χ1n) is 9.82. The van der Waals surface area contributed by atoms with Crippen LogP contribution in [0.15, 0.2) is 29.1 Å². The number of carbonyl (C=O) groups excluding carboxylic acids is 1. The molecule has 0 bridgehead atoms. The van der Waals surface area contributed by atoms with Gasteiger partial charge in [0.1, 0.15) is 5.82 Å². The maximum atomic E-state index is 12.8. The summed E-state index contributed by atoms with van der Waals surface area (Å²) in [4.78, 5) is 34.2. The van der Waals surface area contributed by atoms with Crippen molar-refractivity contribution in [2.45, 2.75) is 71.4 Å². The molecular formula is C21H29N3O2. The van der Waals surface area contributed by atoms with Gasteiger partial charge in [0.25, 0.3) is 5.56 Å². The van der Waals surface area contributed by atoms with Crippen molar-refractivity contribution in [2.24, 2.45) is 5.92 Å². The molecule has 1 aliphatic carbocycles. The number of aromatic nitrogens is 2. The number of amides is 1. The van der Waals surface area contributed by atoms with Crippen LogP contribution in [0.1, 0.15) is 64.6 Å². The summed E-state index contributed by atoms with van der Waals surface area (Å²) in [5, 5.41) is 0.580. The SMILES string of the molecule is CC(C)N(Cc1nc2ccccc2c(=O)[nH]1)C(=O)CCC1CCCCC1. The minimum Gasteiger partial charge on any atom is -0.333 e. The summed E-state index contributed by atoms with van der Waals surface area (Å²) in [6.07, 6.45) is 8.01. The van der Waals surface area contributed by atoms with Crippen LogP contribution in [0.4, 0.5) is 0 Å². The lowest BCUT2D eigenvalue weighted by molar-refractivity contribution is -0.134. The summed E-state index contributed by atoms with van der Waals surface area (Å²) in [6.45, 7) is 4.37. The predicted octanol–water partition coefficient (Wildman–Crippen LogP) is 4.02. The molecule has 1 amide bonds. The number of nitrogens with one attached hydrogen (secondary N) is 1. The fraction of sp³-hybridized carbons (Fsp3) is 0.571. The van der Waals surface area contributed by atoms with E-state index < -0.39 is 0 Å². The Kier molecular flexibility index (Phi) is 6.07. The van der Waals surface area contributed by atoms with Gasteiger partial charge >= 0.3 is 0 Å². The third-order valence-electron chi connectivity index (χ3n) is 5.42. The molecule has 0 spiro atoms. The van der Waals surface area contributed by atoms with Crippen LogP contribution in [0.3, 0.4) is 0 Å². The Morgan fingerprint density at radius 1 is 1.23 bits per heavy atom. The van der Waals surface area contributed by atoms with Crippen LogP contribution in [0, 0.1) is 5.92 Å². The first kappa shape index (κ1) is 18.6. The highest BCUT2D eigenvalue weighted by atomic mass is 16.2. The van der Waals surface area contributed by atoms with Crippen LogP contribution < -0.4 is 5.56 Å². The van der Waals surface area contributed by atoms with Gasteiger partial charge in [-0.2, -0.15) is 0 Å². The van der Waals surface area contributed by atoms with E-state index in [1.54, 1.807) is 6.07 Å². The molecule has 0 atom stereocenters. The van der Waals surface area contributed by atoms with Crippen LogP contribution in [-0.2, 0) is 11.3 Å². The standard InChI is InChI=1S/C21H29N3O2/c1-15(2)24(20(25)13-12-16-8-4-3-5-9-16)14-19-22-18-11-7-6-10-17(18)21(26)23-19/h6-7,10-11,15-16H,3-5,8-9,12-14H2,1-2H3,(H,22,23,26). The van der Waals surface area contributed by atoms with Gasteiger partial charge in [-0.15, -0.1) is 0 Å². The number of hydrogen-bond donors (Lipinski definition) is 1. The van der Waals surface area contributed by atoms with Gasteiger partial charge in [-0.1, -0.05) is 44.2 Å². The van der Waals surface area contributed by atoms with Crippen molar-refractivity contribution in [1.29, 1.82) is 0 Å². The summed E-state index contributed by atoms with van der Waals surface area (Å²) in [7, 11) is 0. The molecule has 5 heteroatoms. The van der Waals surface area contributed by atoms with Gasteiger partial charge in [-0.3, -0.25) is 9.59 Å². The number of para-hydroxylation sites is 1. The smallest absolute Gasteiger partial charge is 0.258 e. The largest absolute Gasteiger partial charge is 0.333 e. The molecule has 1 fully saturated rings. The molecule has 0 unspecified atom stereocenters. The Morgan fingerprint density at radius 3 is 2.69 bits per heavy atom. The summed E-state index contributed by atoms with van der Waals surface area (Å²) >= 11 is 0. The topological polar surface area (TPSA) is 66.1 Å². The van der Waals surface area contributed by atoms with E-state index in [4.69, 9.17) is 0 Å². The highest BCUT2D eigenvalue weighted by Gasteiger charge is 2.21. The molecule has 140 valence electrons. The van der Waals surface area contributed by atoms with Gasteiger partial charge < -0.3 is 9.88 Å². The van der Waals surface area contributed by atoms with Crippen LogP contribution in [0.5, 0.6) is 0 Å². The Balaban J connectivity index is 1.69. The van der Waals surface area contributed by atoms with Gasteiger partial charge in [0, 0.05) is 12.5 Å². The molecule has 1 aliphatic rings. The molecule has 1 aromatic heterocycles. The van der Waals surface area contributed by atoms with Crippen molar-refractivity contribution in [3.8, 4) is 0 Å². The zero-order valence-electron chi connectivity index (χ0n) is 15.8. The fourth-order valence-electron chi connectivity index (χ4n) is 3.88. The number of fused-ring (bicyclic) bond motifs is 1. The minimum atomic E-state index is -0.149. The quantitative estimate of drug-likeness (QED) is 0.851. The van der Waals surface area contributed by atoms with Crippen molar-refractivity contribution in [1.82, 2.24) is 14.9 Å². The average Bonchev–Trinajstić information content (AvgIpc) is 2.65. The Bertz CT molecular complexity index is 806. The molecule has 0 aliphatic heterocycles. The Hall–Kier alpha value is -2.17. The van der Waals surface area contributed by atoms with E-state index >= 15 is 0 Å². The summed E-state index contributed by atoms with van der Waals surface area (Å²) in [5.41, 5.74) is 0.522. The second-order valence-corrected chi connectivity index (χ2v) is 7.69. The van der Waals surface area contributed by atoms with Crippen molar-refractivity contribution < 1.29 is 4.79 Å². The van der Waals surface area contributed by atoms with Gasteiger partial charge in [0.15, 0.2) is 0 Å². The first-order valence-corrected chi connectivity index (χ1v) is 9.82. The lowest BCUT2D eigenvalue weighted by Crippen LogP contribution is -2.37. The highest BCUT2D eigenvalue weighted by molar-refractivity contribution is 5.78. The maximum Gasteiger partial charge on any atom is 0.258 e. The molecule has 3 rings (SSSR count). The number of aromatic amines is 1. The summed E-state index contributed by atoms with van der Waals surface area (Å²) in [5.74, 6) is 1.40. The molecule has 1 heterocycles. The zero-order chi connectivity index (χ0) is 18.5. The molecule has 1 saturated carbocycles. The average molecular weight is 355 g/mol. The van der Waals surface area contributed by atoms with Crippen LogP contribution in [0.25, 0.3) is 10.9 Å². The lowest BCUT2D eigenvalue weighted by atomic mass is 9.86. The van der Waals surface area contributed by atoms with Crippen molar-refractivity contribution in [3.63, 3.8) is 0 Å². The zero-order valence-corrected chi connectivity index (χ0v) is 15.8. The summed E-state index contributed by atoms with van der Waals surface area (Å²) < 4.78 is 0.